The van der Waals surface area contributed by atoms with Gasteiger partial charge in [-0.15, -0.1) is 0 Å². The van der Waals surface area contributed by atoms with Crippen molar-refractivity contribution < 1.29 is 23.8 Å². The Hall–Kier alpha value is -1.62. The third-order valence-corrected chi connectivity index (χ3v) is 2.20. The van der Waals surface area contributed by atoms with Gasteiger partial charge in [0.15, 0.2) is 11.6 Å². The summed E-state index contributed by atoms with van der Waals surface area (Å²) in [7, 11) is 1.45. The van der Waals surface area contributed by atoms with Crippen molar-refractivity contribution in [2.24, 2.45) is 5.92 Å². The molecule has 5 heteroatoms. The molecule has 0 aliphatic carbocycles. The molecule has 1 N–H and O–H groups in total. The first-order chi connectivity index (χ1) is 7.95. The van der Waals surface area contributed by atoms with Gasteiger partial charge in [0.05, 0.1) is 5.56 Å². The molecule has 0 aliphatic heterocycles. The highest BCUT2D eigenvalue weighted by atomic mass is 19.1. The van der Waals surface area contributed by atoms with E-state index in [1.54, 1.807) is 0 Å². The van der Waals surface area contributed by atoms with Crippen LogP contribution in [0.25, 0.3) is 0 Å². The number of rotatable bonds is 5. The fourth-order valence-corrected chi connectivity index (χ4v) is 1.31. The van der Waals surface area contributed by atoms with E-state index in [1.807, 2.05) is 13.8 Å². The maximum atomic E-state index is 13.4. The van der Waals surface area contributed by atoms with E-state index in [1.165, 1.54) is 13.2 Å². The van der Waals surface area contributed by atoms with Crippen LogP contribution in [0.1, 0.15) is 24.2 Å². The van der Waals surface area contributed by atoms with E-state index in [0.29, 0.717) is 0 Å². The molecule has 94 valence electrons. The number of benzene rings is 1. The minimum absolute atomic E-state index is 0.0212. The summed E-state index contributed by atoms with van der Waals surface area (Å²) in [4.78, 5) is 10.7. The standard InChI is InChI=1S/C12H15FO4/c1-7(2)12(16-3)17-10-6-8(11(14)15)4-5-9(10)13/h4-7,12H,1-3H3,(H,14,15). The maximum Gasteiger partial charge on any atom is 0.335 e. The molecule has 1 unspecified atom stereocenters. The molecule has 0 saturated carbocycles. The van der Waals surface area contributed by atoms with Crippen LogP contribution in [0.4, 0.5) is 4.39 Å². The van der Waals surface area contributed by atoms with Gasteiger partial charge in [-0.2, -0.15) is 0 Å². The Balaban J connectivity index is 2.96. The first-order valence-corrected chi connectivity index (χ1v) is 5.18. The SMILES string of the molecule is COC(Oc1cc(C(=O)O)ccc1F)C(C)C. The van der Waals surface area contributed by atoms with E-state index in [-0.39, 0.29) is 17.2 Å². The number of ether oxygens (including phenoxy) is 2. The van der Waals surface area contributed by atoms with Crippen LogP contribution in [0.3, 0.4) is 0 Å². The molecule has 1 aromatic rings. The Bertz CT molecular complexity index is 403. The molecule has 1 atom stereocenters. The summed E-state index contributed by atoms with van der Waals surface area (Å²) < 4.78 is 23.7. The van der Waals surface area contributed by atoms with Crippen molar-refractivity contribution in [2.75, 3.05) is 7.11 Å². The van der Waals surface area contributed by atoms with Gasteiger partial charge in [-0.3, -0.25) is 0 Å². The lowest BCUT2D eigenvalue weighted by molar-refractivity contribution is -0.0851. The lowest BCUT2D eigenvalue weighted by Gasteiger charge is -2.21. The van der Waals surface area contributed by atoms with Crippen LogP contribution in [0, 0.1) is 11.7 Å². The van der Waals surface area contributed by atoms with Gasteiger partial charge in [0, 0.05) is 13.0 Å². The Labute approximate surface area is 99.0 Å². The molecule has 1 aromatic carbocycles. The minimum atomic E-state index is -1.13. The largest absolute Gasteiger partial charge is 0.478 e. The molecule has 0 saturated heterocycles. The second-order valence-electron chi connectivity index (χ2n) is 3.92. The molecule has 0 spiro atoms. The van der Waals surface area contributed by atoms with Crippen molar-refractivity contribution in [3.8, 4) is 5.75 Å². The third kappa shape index (κ3) is 3.42. The Morgan fingerprint density at radius 3 is 2.53 bits per heavy atom. The van der Waals surface area contributed by atoms with Gasteiger partial charge in [-0.25, -0.2) is 9.18 Å². The van der Waals surface area contributed by atoms with Crippen molar-refractivity contribution in [3.05, 3.63) is 29.6 Å². The third-order valence-electron chi connectivity index (χ3n) is 2.20. The average Bonchev–Trinajstić information content (AvgIpc) is 2.27. The zero-order valence-corrected chi connectivity index (χ0v) is 9.94. The van der Waals surface area contributed by atoms with Gasteiger partial charge in [-0.1, -0.05) is 13.8 Å². The van der Waals surface area contributed by atoms with Gasteiger partial charge in [-0.05, 0) is 18.2 Å². The second kappa shape index (κ2) is 5.63. The van der Waals surface area contributed by atoms with Crippen LogP contribution in [-0.2, 0) is 4.74 Å². The lowest BCUT2D eigenvalue weighted by atomic mass is 10.2. The summed E-state index contributed by atoms with van der Waals surface area (Å²) in [6, 6.07) is 3.39. The molecule has 4 nitrogen and oxygen atoms in total. The number of carboxylic acid groups (broad SMARTS) is 1. The van der Waals surface area contributed by atoms with Crippen molar-refractivity contribution in [2.45, 2.75) is 20.1 Å². The summed E-state index contributed by atoms with van der Waals surface area (Å²) in [5, 5.41) is 8.79. The quantitative estimate of drug-likeness (QED) is 0.806. The minimum Gasteiger partial charge on any atom is -0.478 e. The Morgan fingerprint density at radius 1 is 1.41 bits per heavy atom. The van der Waals surface area contributed by atoms with E-state index < -0.39 is 18.1 Å². The Morgan fingerprint density at radius 2 is 2.06 bits per heavy atom. The summed E-state index contributed by atoms with van der Waals surface area (Å²) in [6.07, 6.45) is -0.617. The zero-order valence-electron chi connectivity index (χ0n) is 9.94. The zero-order chi connectivity index (χ0) is 13.0. The summed E-state index contributed by atoms with van der Waals surface area (Å²) in [5.74, 6) is -1.84. The van der Waals surface area contributed by atoms with Crippen LogP contribution in [0.5, 0.6) is 5.75 Å². The molecular formula is C12H15FO4. The molecule has 0 aromatic heterocycles. The molecule has 0 fully saturated rings. The number of aromatic carboxylic acids is 1. The van der Waals surface area contributed by atoms with Gasteiger partial charge in [0.1, 0.15) is 0 Å². The van der Waals surface area contributed by atoms with Crippen LogP contribution < -0.4 is 4.74 Å². The first-order valence-electron chi connectivity index (χ1n) is 5.18. The van der Waals surface area contributed by atoms with E-state index >= 15 is 0 Å². The van der Waals surface area contributed by atoms with Gasteiger partial charge < -0.3 is 14.6 Å². The predicted molar refractivity (Wildman–Crippen MR) is 59.6 cm³/mol. The van der Waals surface area contributed by atoms with Crippen molar-refractivity contribution >= 4 is 5.97 Å². The smallest absolute Gasteiger partial charge is 0.335 e. The van der Waals surface area contributed by atoms with Crippen LogP contribution in [-0.4, -0.2) is 24.5 Å². The van der Waals surface area contributed by atoms with Crippen molar-refractivity contribution in [3.63, 3.8) is 0 Å². The predicted octanol–water partition coefficient (Wildman–Crippen LogP) is 2.53. The van der Waals surface area contributed by atoms with Crippen molar-refractivity contribution in [1.82, 2.24) is 0 Å². The monoisotopic (exact) mass is 242 g/mol. The molecule has 0 amide bonds. The summed E-state index contributed by atoms with van der Waals surface area (Å²) in [5.41, 5.74) is -0.0278. The van der Waals surface area contributed by atoms with Crippen molar-refractivity contribution in [1.29, 1.82) is 0 Å². The van der Waals surface area contributed by atoms with Gasteiger partial charge in [0.25, 0.3) is 0 Å². The highest BCUT2D eigenvalue weighted by Gasteiger charge is 2.17. The molecule has 0 radical (unpaired) electrons. The number of carboxylic acids is 1. The fourth-order valence-electron chi connectivity index (χ4n) is 1.31. The van der Waals surface area contributed by atoms with Gasteiger partial charge >= 0.3 is 5.97 Å². The normalized spacial score (nSPS) is 12.5. The Kier molecular flexibility index (Phi) is 4.45. The maximum absolute atomic E-state index is 13.4. The van der Waals surface area contributed by atoms with Crippen LogP contribution in [0.15, 0.2) is 18.2 Å². The van der Waals surface area contributed by atoms with Crippen LogP contribution in [0.2, 0.25) is 0 Å². The highest BCUT2D eigenvalue weighted by molar-refractivity contribution is 5.88. The van der Waals surface area contributed by atoms with E-state index in [0.717, 1.165) is 12.1 Å². The highest BCUT2D eigenvalue weighted by Crippen LogP contribution is 2.22. The first kappa shape index (κ1) is 13.4. The van der Waals surface area contributed by atoms with E-state index in [9.17, 15) is 9.18 Å². The number of carbonyl (C=O) groups is 1. The summed E-state index contributed by atoms with van der Waals surface area (Å²) in [6.45, 7) is 3.71. The second-order valence-corrected chi connectivity index (χ2v) is 3.92. The molecule has 17 heavy (non-hydrogen) atoms. The molecule has 0 bridgehead atoms. The van der Waals surface area contributed by atoms with Crippen LogP contribution >= 0.6 is 0 Å². The molecule has 0 heterocycles. The number of halogens is 1. The van der Waals surface area contributed by atoms with E-state index in [2.05, 4.69) is 0 Å². The molecule has 0 aliphatic rings. The number of hydrogen-bond acceptors (Lipinski definition) is 3. The number of methoxy groups -OCH3 is 1. The molecule has 1 rings (SSSR count). The van der Waals surface area contributed by atoms with E-state index in [4.69, 9.17) is 14.6 Å². The lowest BCUT2D eigenvalue weighted by Crippen LogP contribution is -2.25. The number of hydrogen-bond donors (Lipinski definition) is 1. The average molecular weight is 242 g/mol. The molecular weight excluding hydrogens is 227 g/mol. The summed E-state index contributed by atoms with van der Waals surface area (Å²) >= 11 is 0. The van der Waals surface area contributed by atoms with Gasteiger partial charge in [0.2, 0.25) is 6.29 Å². The topological polar surface area (TPSA) is 55.8 Å². The fraction of sp³-hybridized carbons (Fsp3) is 0.417.